The Labute approximate surface area is 176 Å². The van der Waals surface area contributed by atoms with Gasteiger partial charge in [0.05, 0.1) is 5.56 Å². The SMILES string of the molecule is CC1(C(=O)NC2CCN(Cc3ccc(Cl)cc3)CC2)Cc2ccccc2C(=O)O1. The third kappa shape index (κ3) is 4.46. The maximum atomic E-state index is 12.9. The summed E-state index contributed by atoms with van der Waals surface area (Å²) in [5.74, 6) is -0.640. The molecular formula is C23H25ClN2O3. The first-order valence-corrected chi connectivity index (χ1v) is 10.4. The average Bonchev–Trinajstić information content (AvgIpc) is 2.71. The van der Waals surface area contributed by atoms with Crippen LogP contribution in [0.5, 0.6) is 0 Å². The van der Waals surface area contributed by atoms with Crippen LogP contribution >= 0.6 is 11.6 Å². The highest BCUT2D eigenvalue weighted by Crippen LogP contribution is 2.28. The van der Waals surface area contributed by atoms with Crippen molar-refractivity contribution in [1.29, 1.82) is 0 Å². The van der Waals surface area contributed by atoms with Gasteiger partial charge in [0.15, 0.2) is 5.60 Å². The van der Waals surface area contributed by atoms with Gasteiger partial charge >= 0.3 is 5.97 Å². The fourth-order valence-electron chi connectivity index (χ4n) is 4.08. The van der Waals surface area contributed by atoms with E-state index in [1.807, 2.05) is 36.4 Å². The Morgan fingerprint density at radius 1 is 1.17 bits per heavy atom. The van der Waals surface area contributed by atoms with E-state index in [-0.39, 0.29) is 11.9 Å². The van der Waals surface area contributed by atoms with Crippen LogP contribution in [0, 0.1) is 0 Å². The van der Waals surface area contributed by atoms with E-state index in [0.29, 0.717) is 12.0 Å². The minimum absolute atomic E-state index is 0.0941. The number of hydrogen-bond donors (Lipinski definition) is 1. The van der Waals surface area contributed by atoms with Gasteiger partial charge in [0.1, 0.15) is 0 Å². The van der Waals surface area contributed by atoms with Gasteiger partial charge in [-0.25, -0.2) is 4.79 Å². The molecule has 2 aliphatic rings. The molecule has 4 rings (SSSR count). The van der Waals surface area contributed by atoms with Crippen molar-refractivity contribution in [3.05, 3.63) is 70.2 Å². The summed E-state index contributed by atoms with van der Waals surface area (Å²) < 4.78 is 5.54. The number of halogens is 1. The van der Waals surface area contributed by atoms with Gasteiger partial charge in [0.25, 0.3) is 5.91 Å². The van der Waals surface area contributed by atoms with E-state index >= 15 is 0 Å². The van der Waals surface area contributed by atoms with E-state index in [2.05, 4.69) is 10.2 Å². The lowest BCUT2D eigenvalue weighted by atomic mass is 9.89. The molecule has 1 fully saturated rings. The van der Waals surface area contributed by atoms with Crippen molar-refractivity contribution < 1.29 is 14.3 Å². The maximum absolute atomic E-state index is 12.9. The molecule has 0 radical (unpaired) electrons. The monoisotopic (exact) mass is 412 g/mol. The molecule has 1 amide bonds. The lowest BCUT2D eigenvalue weighted by molar-refractivity contribution is -0.140. The second-order valence-corrected chi connectivity index (χ2v) is 8.54. The normalized spacial score (nSPS) is 22.6. The lowest BCUT2D eigenvalue weighted by Gasteiger charge is -2.37. The van der Waals surface area contributed by atoms with Crippen LogP contribution in [-0.2, 0) is 22.5 Å². The van der Waals surface area contributed by atoms with Gasteiger partial charge in [-0.3, -0.25) is 9.69 Å². The highest BCUT2D eigenvalue weighted by molar-refractivity contribution is 6.30. The largest absolute Gasteiger partial charge is 0.445 e. The van der Waals surface area contributed by atoms with Crippen LogP contribution < -0.4 is 5.32 Å². The highest BCUT2D eigenvalue weighted by atomic mass is 35.5. The fourth-order valence-corrected chi connectivity index (χ4v) is 4.21. The number of fused-ring (bicyclic) bond motifs is 1. The van der Waals surface area contributed by atoms with Crippen LogP contribution in [0.1, 0.15) is 41.3 Å². The molecule has 2 aromatic rings. The second kappa shape index (κ2) is 8.17. The van der Waals surface area contributed by atoms with Crippen LogP contribution in [-0.4, -0.2) is 41.5 Å². The molecule has 29 heavy (non-hydrogen) atoms. The van der Waals surface area contributed by atoms with E-state index in [1.54, 1.807) is 19.1 Å². The summed E-state index contributed by atoms with van der Waals surface area (Å²) in [5.41, 5.74) is 1.48. The number of likely N-dealkylation sites (tertiary alicyclic amines) is 1. The van der Waals surface area contributed by atoms with E-state index in [0.717, 1.165) is 43.1 Å². The summed E-state index contributed by atoms with van der Waals surface area (Å²) in [6.45, 7) is 4.40. The Kier molecular flexibility index (Phi) is 5.61. The number of nitrogens with one attached hydrogen (secondary N) is 1. The summed E-state index contributed by atoms with van der Waals surface area (Å²) in [6.07, 6.45) is 2.15. The summed E-state index contributed by atoms with van der Waals surface area (Å²) in [5, 5.41) is 3.86. The average molecular weight is 413 g/mol. The third-order valence-corrected chi connectivity index (χ3v) is 6.06. The summed E-state index contributed by atoms with van der Waals surface area (Å²) in [6, 6.07) is 15.3. The van der Waals surface area contributed by atoms with E-state index < -0.39 is 11.6 Å². The molecular weight excluding hydrogens is 388 g/mol. The molecule has 2 aromatic carbocycles. The van der Waals surface area contributed by atoms with E-state index in [4.69, 9.17) is 16.3 Å². The Bertz CT molecular complexity index is 907. The molecule has 1 atom stereocenters. The number of amides is 1. The molecule has 1 saturated heterocycles. The summed E-state index contributed by atoms with van der Waals surface area (Å²) in [7, 11) is 0. The topological polar surface area (TPSA) is 58.6 Å². The molecule has 0 aliphatic carbocycles. The Morgan fingerprint density at radius 2 is 1.86 bits per heavy atom. The zero-order chi connectivity index (χ0) is 20.4. The van der Waals surface area contributed by atoms with Gasteiger partial charge in [-0.15, -0.1) is 0 Å². The zero-order valence-electron chi connectivity index (χ0n) is 16.5. The van der Waals surface area contributed by atoms with Gasteiger partial charge in [0, 0.05) is 37.1 Å². The first-order valence-electron chi connectivity index (χ1n) is 10.0. The predicted molar refractivity (Wildman–Crippen MR) is 112 cm³/mol. The minimum atomic E-state index is -1.16. The number of piperidine rings is 1. The van der Waals surface area contributed by atoms with Gasteiger partial charge in [0.2, 0.25) is 0 Å². The number of cyclic esters (lactones) is 1. The minimum Gasteiger partial charge on any atom is -0.445 e. The lowest BCUT2D eigenvalue weighted by Crippen LogP contribution is -2.55. The smallest absolute Gasteiger partial charge is 0.339 e. The van der Waals surface area contributed by atoms with E-state index in [9.17, 15) is 9.59 Å². The number of carbonyl (C=O) groups is 2. The number of carbonyl (C=O) groups excluding carboxylic acids is 2. The van der Waals surface area contributed by atoms with Crippen LogP contribution in [0.4, 0.5) is 0 Å². The summed E-state index contributed by atoms with van der Waals surface area (Å²) >= 11 is 5.95. The number of esters is 1. The Hall–Kier alpha value is -2.37. The van der Waals surface area contributed by atoms with E-state index in [1.165, 1.54) is 5.56 Å². The predicted octanol–water partition coefficient (Wildman–Crippen LogP) is 3.59. The van der Waals surface area contributed by atoms with Crippen LogP contribution in [0.15, 0.2) is 48.5 Å². The molecule has 6 heteroatoms. The van der Waals surface area contributed by atoms with Crippen molar-refractivity contribution >= 4 is 23.5 Å². The molecule has 0 saturated carbocycles. The molecule has 5 nitrogen and oxygen atoms in total. The van der Waals surface area contributed by atoms with Gasteiger partial charge in [-0.05, 0) is 49.1 Å². The quantitative estimate of drug-likeness (QED) is 0.779. The third-order valence-electron chi connectivity index (χ3n) is 5.81. The molecule has 1 unspecified atom stereocenters. The number of nitrogens with zero attached hydrogens (tertiary/aromatic N) is 1. The molecule has 1 N–H and O–H groups in total. The number of ether oxygens (including phenoxy) is 1. The number of rotatable bonds is 4. The first-order chi connectivity index (χ1) is 13.9. The van der Waals surface area contributed by atoms with Crippen molar-refractivity contribution in [3.8, 4) is 0 Å². The molecule has 0 aromatic heterocycles. The summed E-state index contributed by atoms with van der Waals surface area (Å²) in [4.78, 5) is 27.6. The first kappa shape index (κ1) is 19.9. The standard InChI is InChI=1S/C23H25ClN2O3/c1-23(14-17-4-2-3-5-20(17)21(27)29-23)22(28)25-19-10-12-26(13-11-19)15-16-6-8-18(24)9-7-16/h2-9,19H,10-15H2,1H3,(H,25,28). The van der Waals surface area contributed by atoms with Crippen molar-refractivity contribution in [2.24, 2.45) is 0 Å². The Morgan fingerprint density at radius 3 is 2.59 bits per heavy atom. The van der Waals surface area contributed by atoms with Crippen LogP contribution in [0.25, 0.3) is 0 Å². The molecule has 0 spiro atoms. The van der Waals surface area contributed by atoms with Gasteiger partial charge < -0.3 is 10.1 Å². The van der Waals surface area contributed by atoms with Crippen molar-refractivity contribution in [3.63, 3.8) is 0 Å². The van der Waals surface area contributed by atoms with Crippen LogP contribution in [0.3, 0.4) is 0 Å². The Balaban J connectivity index is 1.32. The van der Waals surface area contributed by atoms with Crippen molar-refractivity contribution in [2.75, 3.05) is 13.1 Å². The molecule has 0 bridgehead atoms. The maximum Gasteiger partial charge on any atom is 0.339 e. The second-order valence-electron chi connectivity index (χ2n) is 8.10. The molecule has 2 aliphatic heterocycles. The van der Waals surface area contributed by atoms with Crippen molar-refractivity contribution in [1.82, 2.24) is 10.2 Å². The van der Waals surface area contributed by atoms with Crippen molar-refractivity contribution in [2.45, 2.75) is 44.4 Å². The molecule has 2 heterocycles. The van der Waals surface area contributed by atoms with Gasteiger partial charge in [-0.1, -0.05) is 41.9 Å². The number of hydrogen-bond acceptors (Lipinski definition) is 4. The zero-order valence-corrected chi connectivity index (χ0v) is 17.2. The number of benzene rings is 2. The fraction of sp³-hybridized carbons (Fsp3) is 0.391. The highest BCUT2D eigenvalue weighted by Gasteiger charge is 2.43. The van der Waals surface area contributed by atoms with Crippen LogP contribution in [0.2, 0.25) is 5.02 Å². The molecule has 152 valence electrons. The van der Waals surface area contributed by atoms with Gasteiger partial charge in [-0.2, -0.15) is 0 Å².